The van der Waals surface area contributed by atoms with Crippen molar-refractivity contribution in [2.75, 3.05) is 38.6 Å². The van der Waals surface area contributed by atoms with E-state index in [1.165, 1.54) is 32.4 Å². The van der Waals surface area contributed by atoms with Gasteiger partial charge in [-0.15, -0.1) is 0 Å². The minimum atomic E-state index is -4.46. The SMILES string of the molecule is CN(C)S(=O)(=O)c1ccc2c(c1)CCN2C(=O)NC1CCCN(Cc2ccc(C(F)(F)F)nc2)C1. The highest BCUT2D eigenvalue weighted by molar-refractivity contribution is 7.89. The van der Waals surface area contributed by atoms with Crippen molar-refractivity contribution in [3.8, 4) is 0 Å². The monoisotopic (exact) mass is 511 g/mol. The fourth-order valence-corrected chi connectivity index (χ4v) is 5.43. The Morgan fingerprint density at radius 1 is 1.20 bits per heavy atom. The number of anilines is 1. The first kappa shape index (κ1) is 25.4. The molecule has 0 saturated carbocycles. The number of pyridine rings is 1. The van der Waals surface area contributed by atoms with Crippen LogP contribution >= 0.6 is 0 Å². The highest BCUT2D eigenvalue weighted by Gasteiger charge is 2.32. The molecule has 0 bridgehead atoms. The van der Waals surface area contributed by atoms with Crippen molar-refractivity contribution < 1.29 is 26.4 Å². The second-order valence-electron chi connectivity index (χ2n) is 9.05. The van der Waals surface area contributed by atoms with Crippen LogP contribution in [0.15, 0.2) is 41.4 Å². The molecule has 1 aromatic carbocycles. The maximum absolute atomic E-state index is 13.0. The van der Waals surface area contributed by atoms with E-state index in [4.69, 9.17) is 0 Å². The van der Waals surface area contributed by atoms with E-state index in [1.807, 2.05) is 0 Å². The maximum Gasteiger partial charge on any atom is 0.433 e. The number of aromatic nitrogens is 1. The molecule has 1 fully saturated rings. The van der Waals surface area contributed by atoms with E-state index >= 15 is 0 Å². The number of rotatable bonds is 5. The first-order valence-corrected chi connectivity index (χ1v) is 12.8. The molecule has 0 radical (unpaired) electrons. The molecule has 0 aliphatic carbocycles. The number of benzene rings is 1. The van der Waals surface area contributed by atoms with E-state index in [9.17, 15) is 26.4 Å². The molecular formula is C23H28F3N5O3S. The number of alkyl halides is 3. The number of carbonyl (C=O) groups excluding carboxylic acids is 1. The summed E-state index contributed by atoms with van der Waals surface area (Å²) < 4.78 is 64.2. The van der Waals surface area contributed by atoms with Gasteiger partial charge in [-0.25, -0.2) is 17.5 Å². The predicted octanol–water partition coefficient (Wildman–Crippen LogP) is 3.09. The average Bonchev–Trinajstić information content (AvgIpc) is 3.22. The average molecular weight is 512 g/mol. The van der Waals surface area contributed by atoms with Crippen LogP contribution in [0.3, 0.4) is 0 Å². The molecule has 2 aliphatic heterocycles. The Labute approximate surface area is 202 Å². The highest BCUT2D eigenvalue weighted by Crippen LogP contribution is 2.31. The quantitative estimate of drug-likeness (QED) is 0.667. The molecular weight excluding hydrogens is 483 g/mol. The van der Waals surface area contributed by atoms with Crippen LogP contribution < -0.4 is 10.2 Å². The molecule has 8 nitrogen and oxygen atoms in total. The summed E-state index contributed by atoms with van der Waals surface area (Å²) in [5.74, 6) is 0. The van der Waals surface area contributed by atoms with Gasteiger partial charge < -0.3 is 5.32 Å². The molecule has 2 amide bonds. The fraction of sp³-hybridized carbons (Fsp3) is 0.478. The number of carbonyl (C=O) groups is 1. The zero-order valence-corrected chi connectivity index (χ0v) is 20.4. The van der Waals surface area contributed by atoms with Crippen LogP contribution in [0.4, 0.5) is 23.7 Å². The summed E-state index contributed by atoms with van der Waals surface area (Å²) in [6.45, 7) is 2.27. The van der Waals surface area contributed by atoms with Gasteiger partial charge in [0, 0.05) is 51.7 Å². The molecule has 2 aliphatic rings. The molecule has 2 aromatic rings. The largest absolute Gasteiger partial charge is 0.433 e. The van der Waals surface area contributed by atoms with Gasteiger partial charge in [0.1, 0.15) is 5.69 Å². The van der Waals surface area contributed by atoms with Gasteiger partial charge in [0.25, 0.3) is 0 Å². The van der Waals surface area contributed by atoms with E-state index in [1.54, 1.807) is 17.0 Å². The maximum atomic E-state index is 13.0. The summed E-state index contributed by atoms with van der Waals surface area (Å²) in [6, 6.07) is 6.88. The lowest BCUT2D eigenvalue weighted by atomic mass is 10.1. The van der Waals surface area contributed by atoms with Crippen LogP contribution in [0.25, 0.3) is 0 Å². The Morgan fingerprint density at radius 3 is 2.63 bits per heavy atom. The molecule has 1 atom stereocenters. The number of halogens is 3. The second kappa shape index (κ2) is 9.75. The summed E-state index contributed by atoms with van der Waals surface area (Å²) in [7, 11) is -0.600. The summed E-state index contributed by atoms with van der Waals surface area (Å²) in [5, 5.41) is 3.06. The third kappa shape index (κ3) is 5.60. The lowest BCUT2D eigenvalue weighted by Gasteiger charge is -2.34. The molecule has 1 N–H and O–H groups in total. The van der Waals surface area contributed by atoms with Gasteiger partial charge >= 0.3 is 12.2 Å². The Balaban J connectivity index is 1.37. The fourth-order valence-electron chi connectivity index (χ4n) is 4.47. The number of fused-ring (bicyclic) bond motifs is 1. The van der Waals surface area contributed by atoms with Crippen molar-refractivity contribution in [2.24, 2.45) is 0 Å². The number of hydrogen-bond acceptors (Lipinski definition) is 5. The highest BCUT2D eigenvalue weighted by atomic mass is 32.2. The Hall–Kier alpha value is -2.70. The van der Waals surface area contributed by atoms with Crippen molar-refractivity contribution in [1.82, 2.24) is 19.5 Å². The van der Waals surface area contributed by atoms with Crippen molar-refractivity contribution in [3.63, 3.8) is 0 Å². The molecule has 12 heteroatoms. The molecule has 190 valence electrons. The van der Waals surface area contributed by atoms with Crippen LogP contribution in [0.1, 0.15) is 29.7 Å². The Kier molecular flexibility index (Phi) is 7.07. The minimum Gasteiger partial charge on any atom is -0.334 e. The second-order valence-corrected chi connectivity index (χ2v) is 11.2. The van der Waals surface area contributed by atoms with E-state index in [-0.39, 0.29) is 17.0 Å². The summed E-state index contributed by atoms with van der Waals surface area (Å²) in [5.41, 5.74) is 1.27. The number of amides is 2. The molecule has 3 heterocycles. The number of nitrogens with zero attached hydrogens (tertiary/aromatic N) is 4. The summed E-state index contributed by atoms with van der Waals surface area (Å²) in [6.07, 6.45) is -1.00. The van der Waals surface area contributed by atoms with Crippen LogP contribution in [0, 0.1) is 0 Å². The zero-order chi connectivity index (χ0) is 25.4. The van der Waals surface area contributed by atoms with Crippen molar-refractivity contribution in [1.29, 1.82) is 0 Å². The molecule has 1 saturated heterocycles. The summed E-state index contributed by atoms with van der Waals surface area (Å²) >= 11 is 0. The van der Waals surface area contributed by atoms with Gasteiger partial charge in [-0.2, -0.15) is 13.2 Å². The standard InChI is InChI=1S/C23H28F3N5O3S/c1-29(2)35(33,34)19-6-7-20-17(12-19)9-11-31(20)22(32)28-18-4-3-10-30(15-18)14-16-5-8-21(27-13-16)23(24,25)26/h5-8,12-13,18H,3-4,9-11,14-15H2,1-2H3,(H,28,32). The van der Waals surface area contributed by atoms with Crippen LogP contribution in [0.5, 0.6) is 0 Å². The molecule has 4 rings (SSSR count). The number of sulfonamides is 1. The van der Waals surface area contributed by atoms with E-state index in [2.05, 4.69) is 15.2 Å². The first-order chi connectivity index (χ1) is 16.4. The smallest absolute Gasteiger partial charge is 0.334 e. The number of piperidine rings is 1. The van der Waals surface area contributed by atoms with E-state index in [0.29, 0.717) is 37.3 Å². The molecule has 35 heavy (non-hydrogen) atoms. The van der Waals surface area contributed by atoms with Crippen molar-refractivity contribution in [3.05, 3.63) is 53.3 Å². The predicted molar refractivity (Wildman–Crippen MR) is 124 cm³/mol. The zero-order valence-electron chi connectivity index (χ0n) is 19.5. The molecule has 1 unspecified atom stereocenters. The van der Waals surface area contributed by atoms with Gasteiger partial charge in [0.15, 0.2) is 0 Å². The normalized spacial score (nSPS) is 19.1. The topological polar surface area (TPSA) is 85.8 Å². The number of nitrogens with one attached hydrogen (secondary N) is 1. The van der Waals surface area contributed by atoms with E-state index < -0.39 is 21.9 Å². The van der Waals surface area contributed by atoms with Crippen molar-refractivity contribution in [2.45, 2.75) is 42.9 Å². The van der Waals surface area contributed by atoms with Gasteiger partial charge in [0.2, 0.25) is 10.0 Å². The first-order valence-electron chi connectivity index (χ1n) is 11.3. The van der Waals surface area contributed by atoms with E-state index in [0.717, 1.165) is 35.3 Å². The third-order valence-corrected chi connectivity index (χ3v) is 8.14. The number of hydrogen-bond donors (Lipinski definition) is 1. The molecule has 1 aromatic heterocycles. The lowest BCUT2D eigenvalue weighted by molar-refractivity contribution is -0.141. The van der Waals surface area contributed by atoms with Gasteiger partial charge in [-0.1, -0.05) is 6.07 Å². The number of likely N-dealkylation sites (tertiary alicyclic amines) is 1. The van der Waals surface area contributed by atoms with Gasteiger partial charge in [-0.05, 0) is 61.2 Å². The van der Waals surface area contributed by atoms with Crippen LogP contribution in [-0.2, 0) is 29.2 Å². The summed E-state index contributed by atoms with van der Waals surface area (Å²) in [4.78, 5) is 20.5. The van der Waals surface area contributed by atoms with Crippen LogP contribution in [-0.4, -0.2) is 68.4 Å². The van der Waals surface area contributed by atoms with Crippen molar-refractivity contribution >= 4 is 21.7 Å². The Bertz CT molecular complexity index is 1190. The minimum absolute atomic E-state index is 0.101. The third-order valence-electron chi connectivity index (χ3n) is 6.32. The Morgan fingerprint density at radius 2 is 1.97 bits per heavy atom. The lowest BCUT2D eigenvalue weighted by Crippen LogP contribution is -2.51. The van der Waals surface area contributed by atoms with Gasteiger partial charge in [0.05, 0.1) is 4.90 Å². The van der Waals surface area contributed by atoms with Gasteiger partial charge in [-0.3, -0.25) is 14.8 Å². The molecule has 0 spiro atoms. The number of urea groups is 1. The van der Waals surface area contributed by atoms with Crippen LogP contribution in [0.2, 0.25) is 0 Å².